The van der Waals surface area contributed by atoms with E-state index >= 15 is 0 Å². The predicted molar refractivity (Wildman–Crippen MR) is 120 cm³/mol. The highest BCUT2D eigenvalue weighted by Gasteiger charge is 2.25. The number of rotatable bonds is 5. The van der Waals surface area contributed by atoms with E-state index in [-0.39, 0.29) is 46.5 Å². The first-order valence-corrected chi connectivity index (χ1v) is 10.6. The number of fused-ring (bicyclic) bond motifs is 1. The zero-order valence-electron chi connectivity index (χ0n) is 18.2. The Morgan fingerprint density at radius 3 is 2.42 bits per heavy atom. The lowest BCUT2D eigenvalue weighted by molar-refractivity contribution is -0.134. The molecular formula is C24H24N2O7. The largest absolute Gasteiger partial charge is 0.507 e. The minimum absolute atomic E-state index is 0.0449. The summed E-state index contributed by atoms with van der Waals surface area (Å²) in [6, 6.07) is 13.2. The molecule has 3 aromatic rings. The summed E-state index contributed by atoms with van der Waals surface area (Å²) >= 11 is 0. The van der Waals surface area contributed by atoms with Gasteiger partial charge in [0.05, 0.1) is 6.61 Å². The molecule has 0 saturated carbocycles. The highest BCUT2D eigenvalue weighted by atomic mass is 16.6. The molecule has 9 nitrogen and oxygen atoms in total. The molecule has 9 heteroatoms. The summed E-state index contributed by atoms with van der Waals surface area (Å²) in [6.07, 6.45) is -0.385. The Labute approximate surface area is 189 Å². The van der Waals surface area contributed by atoms with Gasteiger partial charge in [-0.15, -0.1) is 0 Å². The molecule has 1 aliphatic heterocycles. The Morgan fingerprint density at radius 1 is 1.03 bits per heavy atom. The van der Waals surface area contributed by atoms with Gasteiger partial charge in [-0.2, -0.15) is 0 Å². The molecule has 1 N–H and O–H groups in total. The van der Waals surface area contributed by atoms with Crippen LogP contribution >= 0.6 is 0 Å². The van der Waals surface area contributed by atoms with Crippen LogP contribution in [0.15, 0.2) is 57.7 Å². The van der Waals surface area contributed by atoms with Gasteiger partial charge in [-0.1, -0.05) is 30.3 Å². The van der Waals surface area contributed by atoms with Crippen molar-refractivity contribution in [3.8, 4) is 22.8 Å². The fraction of sp³-hybridized carbons (Fsp3) is 0.292. The number of hydrogen-bond donors (Lipinski definition) is 1. The van der Waals surface area contributed by atoms with Crippen molar-refractivity contribution in [1.82, 2.24) is 9.80 Å². The molecule has 2 heterocycles. The molecule has 0 aliphatic carbocycles. The number of carbonyl (C=O) groups is 2. The van der Waals surface area contributed by atoms with Gasteiger partial charge < -0.3 is 28.8 Å². The molecular weight excluding hydrogens is 428 g/mol. The molecule has 0 spiro atoms. The van der Waals surface area contributed by atoms with Gasteiger partial charge in [0.1, 0.15) is 28.2 Å². The average Bonchev–Trinajstić information content (AvgIpc) is 2.83. The number of phenols is 1. The van der Waals surface area contributed by atoms with E-state index in [9.17, 15) is 19.5 Å². The van der Waals surface area contributed by atoms with Gasteiger partial charge in [-0.25, -0.2) is 4.79 Å². The molecule has 1 aromatic heterocycles. The van der Waals surface area contributed by atoms with E-state index in [0.717, 1.165) is 5.56 Å². The number of hydrogen-bond acceptors (Lipinski definition) is 7. The molecule has 0 bridgehead atoms. The number of phenolic OH excluding ortho intramolecular Hbond substituents is 1. The third-order valence-corrected chi connectivity index (χ3v) is 5.36. The van der Waals surface area contributed by atoms with Gasteiger partial charge in [-0.05, 0) is 6.92 Å². The van der Waals surface area contributed by atoms with Gasteiger partial charge >= 0.3 is 6.09 Å². The Morgan fingerprint density at radius 2 is 1.73 bits per heavy atom. The second kappa shape index (κ2) is 9.64. The number of amides is 2. The van der Waals surface area contributed by atoms with Gasteiger partial charge in [0.2, 0.25) is 0 Å². The molecule has 172 valence electrons. The summed E-state index contributed by atoms with van der Waals surface area (Å²) < 4.78 is 16.4. The summed E-state index contributed by atoms with van der Waals surface area (Å²) in [5.41, 5.74) is 0.501. The fourth-order valence-corrected chi connectivity index (χ4v) is 3.66. The Balaban J connectivity index is 1.45. The van der Waals surface area contributed by atoms with Crippen LogP contribution in [0.1, 0.15) is 6.92 Å². The van der Waals surface area contributed by atoms with Gasteiger partial charge in [0.25, 0.3) is 5.91 Å². The van der Waals surface area contributed by atoms with Crippen molar-refractivity contribution < 1.29 is 28.6 Å². The standard InChI is InChI=1S/C24H24N2O7/c1-2-31-24(30)26-10-8-25(9-11-26)22(29)15-32-17-12-18(27)23-19(28)14-20(33-21(23)13-17)16-6-4-3-5-7-16/h3-7,12-14,27H,2,8-11,15H2,1H3. The van der Waals surface area contributed by atoms with E-state index in [0.29, 0.717) is 38.5 Å². The van der Waals surface area contributed by atoms with E-state index in [1.54, 1.807) is 16.7 Å². The molecule has 1 saturated heterocycles. The highest BCUT2D eigenvalue weighted by molar-refractivity contribution is 5.86. The predicted octanol–water partition coefficient (Wildman–Crippen LogP) is 2.85. The Bertz CT molecular complexity index is 1210. The van der Waals surface area contributed by atoms with Crippen LogP contribution in [0, 0.1) is 0 Å². The third-order valence-electron chi connectivity index (χ3n) is 5.36. The minimum Gasteiger partial charge on any atom is -0.507 e. The van der Waals surface area contributed by atoms with Crippen molar-refractivity contribution in [3.05, 3.63) is 58.8 Å². The number of carbonyl (C=O) groups excluding carboxylic acids is 2. The number of piperazine rings is 1. The van der Waals surface area contributed by atoms with Gasteiger partial charge in [-0.3, -0.25) is 9.59 Å². The van der Waals surface area contributed by atoms with Crippen LogP contribution in [-0.2, 0) is 9.53 Å². The molecule has 2 amide bonds. The van der Waals surface area contributed by atoms with Crippen molar-refractivity contribution in [1.29, 1.82) is 0 Å². The number of nitrogens with zero attached hydrogens (tertiary/aromatic N) is 2. The van der Waals surface area contributed by atoms with E-state index in [4.69, 9.17) is 13.9 Å². The Kier molecular flexibility index (Phi) is 6.48. The summed E-state index contributed by atoms with van der Waals surface area (Å²) in [5, 5.41) is 10.4. The first-order chi connectivity index (χ1) is 16.0. The van der Waals surface area contributed by atoms with Crippen LogP contribution in [0.3, 0.4) is 0 Å². The summed E-state index contributed by atoms with van der Waals surface area (Å²) in [7, 11) is 0. The number of benzene rings is 2. The van der Waals surface area contributed by atoms with E-state index in [1.807, 2.05) is 30.3 Å². The second-order valence-electron chi connectivity index (χ2n) is 7.51. The summed E-state index contributed by atoms with van der Waals surface area (Å²) in [6.45, 7) is 3.31. The number of aromatic hydroxyl groups is 1. The minimum atomic E-state index is -0.385. The first-order valence-electron chi connectivity index (χ1n) is 10.6. The highest BCUT2D eigenvalue weighted by Crippen LogP contribution is 2.31. The van der Waals surface area contributed by atoms with Crippen LogP contribution in [-0.4, -0.2) is 66.3 Å². The van der Waals surface area contributed by atoms with Crippen molar-refractivity contribution >= 4 is 23.0 Å². The molecule has 0 radical (unpaired) electrons. The van der Waals surface area contributed by atoms with Crippen molar-refractivity contribution in [2.45, 2.75) is 6.92 Å². The third kappa shape index (κ3) is 4.92. The van der Waals surface area contributed by atoms with Crippen LogP contribution in [0.25, 0.3) is 22.3 Å². The smallest absolute Gasteiger partial charge is 0.409 e. The summed E-state index contributed by atoms with van der Waals surface area (Å²) in [5.74, 6) is 0.0241. The zero-order valence-corrected chi connectivity index (χ0v) is 18.2. The van der Waals surface area contributed by atoms with Crippen LogP contribution in [0.4, 0.5) is 4.79 Å². The molecule has 33 heavy (non-hydrogen) atoms. The molecule has 0 unspecified atom stereocenters. The van der Waals surface area contributed by atoms with Crippen LogP contribution in [0.2, 0.25) is 0 Å². The maximum atomic E-state index is 12.5. The molecule has 0 atom stereocenters. The maximum Gasteiger partial charge on any atom is 0.409 e. The van der Waals surface area contributed by atoms with Crippen LogP contribution in [0.5, 0.6) is 11.5 Å². The SMILES string of the molecule is CCOC(=O)N1CCN(C(=O)COc2cc(O)c3c(=O)cc(-c4ccccc4)oc3c2)CC1. The van der Waals surface area contributed by atoms with Gasteiger partial charge in [0.15, 0.2) is 12.0 Å². The van der Waals surface area contributed by atoms with E-state index < -0.39 is 0 Å². The van der Waals surface area contributed by atoms with E-state index in [2.05, 4.69) is 0 Å². The molecule has 1 fully saturated rings. The van der Waals surface area contributed by atoms with Crippen molar-refractivity contribution in [3.63, 3.8) is 0 Å². The monoisotopic (exact) mass is 452 g/mol. The fourth-order valence-electron chi connectivity index (χ4n) is 3.66. The van der Waals surface area contributed by atoms with Gasteiger partial charge in [0, 0.05) is 49.9 Å². The first kappa shape index (κ1) is 22.2. The second-order valence-corrected chi connectivity index (χ2v) is 7.51. The lowest BCUT2D eigenvalue weighted by Gasteiger charge is -2.33. The Hall–Kier alpha value is -4.01. The zero-order chi connectivity index (χ0) is 23.4. The van der Waals surface area contributed by atoms with E-state index in [1.165, 1.54) is 18.2 Å². The molecule has 1 aliphatic rings. The lowest BCUT2D eigenvalue weighted by atomic mass is 10.1. The number of ether oxygens (including phenoxy) is 2. The van der Waals surface area contributed by atoms with Crippen LogP contribution < -0.4 is 10.2 Å². The van der Waals surface area contributed by atoms with Crippen molar-refractivity contribution in [2.24, 2.45) is 0 Å². The quantitative estimate of drug-likeness (QED) is 0.634. The van der Waals surface area contributed by atoms with Crippen molar-refractivity contribution in [2.75, 3.05) is 39.4 Å². The lowest BCUT2D eigenvalue weighted by Crippen LogP contribution is -2.51. The molecule has 2 aromatic carbocycles. The topological polar surface area (TPSA) is 110 Å². The molecule has 4 rings (SSSR count). The average molecular weight is 452 g/mol. The summed E-state index contributed by atoms with van der Waals surface area (Å²) in [4.78, 5) is 40.0. The normalized spacial score (nSPS) is 13.7. The maximum absolute atomic E-state index is 12.5.